The van der Waals surface area contributed by atoms with Crippen molar-refractivity contribution in [3.05, 3.63) is 81.7 Å². The topological polar surface area (TPSA) is 67.4 Å². The molecule has 0 saturated carbocycles. The summed E-state index contributed by atoms with van der Waals surface area (Å²) in [6.07, 6.45) is 2.08. The summed E-state index contributed by atoms with van der Waals surface area (Å²) in [5, 5.41) is 6.85. The highest BCUT2D eigenvalue weighted by atomic mass is 35.5. The number of ether oxygens (including phenoxy) is 1. The number of anilines is 1. The zero-order valence-electron chi connectivity index (χ0n) is 16.9. The SMILES string of the molecule is COc1ccccc1NC(=O)C1=C(C)NC2=C(C(=O)CCC2)[C@H]1c1cccc(Cl)c1. The fourth-order valence-electron chi connectivity index (χ4n) is 4.24. The van der Waals surface area contributed by atoms with Crippen LogP contribution in [0.3, 0.4) is 0 Å². The van der Waals surface area contributed by atoms with Gasteiger partial charge in [0.2, 0.25) is 0 Å². The lowest BCUT2D eigenvalue weighted by atomic mass is 9.75. The maximum atomic E-state index is 13.5. The molecule has 6 heteroatoms. The van der Waals surface area contributed by atoms with E-state index in [-0.39, 0.29) is 11.7 Å². The number of amides is 1. The van der Waals surface area contributed by atoms with Crippen molar-refractivity contribution < 1.29 is 14.3 Å². The van der Waals surface area contributed by atoms with Crippen molar-refractivity contribution in [2.45, 2.75) is 32.1 Å². The molecule has 0 unspecified atom stereocenters. The molecule has 2 aliphatic rings. The fraction of sp³-hybridized carbons (Fsp3) is 0.250. The maximum absolute atomic E-state index is 13.5. The first-order valence-electron chi connectivity index (χ1n) is 9.93. The number of carbonyl (C=O) groups excluding carboxylic acids is 2. The monoisotopic (exact) mass is 422 g/mol. The number of methoxy groups -OCH3 is 1. The number of benzene rings is 2. The third-order valence-corrected chi connectivity index (χ3v) is 5.79. The van der Waals surface area contributed by atoms with Gasteiger partial charge in [0.15, 0.2) is 5.78 Å². The highest BCUT2D eigenvalue weighted by molar-refractivity contribution is 6.30. The summed E-state index contributed by atoms with van der Waals surface area (Å²) in [7, 11) is 1.56. The number of nitrogens with one attached hydrogen (secondary N) is 2. The zero-order chi connectivity index (χ0) is 21.3. The molecular formula is C24H23ClN2O3. The van der Waals surface area contributed by atoms with Gasteiger partial charge in [0.1, 0.15) is 5.75 Å². The minimum absolute atomic E-state index is 0.0730. The number of hydrogen-bond donors (Lipinski definition) is 2. The molecule has 2 aromatic carbocycles. The lowest BCUT2D eigenvalue weighted by Crippen LogP contribution is -2.35. The average molecular weight is 423 g/mol. The fourth-order valence-corrected chi connectivity index (χ4v) is 4.44. The van der Waals surface area contributed by atoms with Crippen LogP contribution in [0.25, 0.3) is 0 Å². The van der Waals surface area contributed by atoms with Crippen LogP contribution >= 0.6 is 11.6 Å². The first-order chi connectivity index (χ1) is 14.5. The first-order valence-corrected chi connectivity index (χ1v) is 10.3. The number of hydrogen-bond acceptors (Lipinski definition) is 4. The Bertz CT molecular complexity index is 1090. The van der Waals surface area contributed by atoms with E-state index >= 15 is 0 Å². The van der Waals surface area contributed by atoms with Crippen molar-refractivity contribution in [3.8, 4) is 5.75 Å². The molecule has 0 radical (unpaired) electrons. The van der Waals surface area contributed by atoms with Gasteiger partial charge in [0.25, 0.3) is 5.91 Å². The Morgan fingerprint density at radius 1 is 1.17 bits per heavy atom. The van der Waals surface area contributed by atoms with Gasteiger partial charge >= 0.3 is 0 Å². The number of Topliss-reactive ketones (excluding diaryl/α,β-unsaturated/α-hetero) is 1. The molecule has 1 amide bonds. The Balaban J connectivity index is 1.80. The number of carbonyl (C=O) groups is 2. The van der Waals surface area contributed by atoms with Gasteiger partial charge in [-0.05, 0) is 49.6 Å². The Kier molecular flexibility index (Phi) is 5.64. The molecule has 5 nitrogen and oxygen atoms in total. The molecule has 1 heterocycles. The predicted octanol–water partition coefficient (Wildman–Crippen LogP) is 4.96. The molecule has 1 aliphatic heterocycles. The molecule has 0 fully saturated rings. The molecule has 1 atom stereocenters. The summed E-state index contributed by atoms with van der Waals surface area (Å²) in [6, 6.07) is 14.6. The predicted molar refractivity (Wildman–Crippen MR) is 118 cm³/mol. The summed E-state index contributed by atoms with van der Waals surface area (Å²) in [4.78, 5) is 26.4. The summed E-state index contributed by atoms with van der Waals surface area (Å²) in [5.41, 5.74) is 4.22. The average Bonchev–Trinajstić information content (AvgIpc) is 2.73. The normalized spacial score (nSPS) is 18.6. The highest BCUT2D eigenvalue weighted by Gasteiger charge is 2.38. The molecular weight excluding hydrogens is 400 g/mol. The van der Waals surface area contributed by atoms with Gasteiger partial charge in [0.05, 0.1) is 12.8 Å². The first kappa shape index (κ1) is 20.2. The maximum Gasteiger partial charge on any atom is 0.254 e. The van der Waals surface area contributed by atoms with Gasteiger partial charge in [-0.15, -0.1) is 0 Å². The molecule has 1 aliphatic carbocycles. The molecule has 4 rings (SSSR count). The Morgan fingerprint density at radius 3 is 2.73 bits per heavy atom. The van der Waals surface area contributed by atoms with E-state index in [1.165, 1.54) is 0 Å². The molecule has 0 aromatic heterocycles. The number of para-hydroxylation sites is 2. The zero-order valence-corrected chi connectivity index (χ0v) is 17.7. The molecule has 154 valence electrons. The van der Waals surface area contributed by atoms with E-state index in [0.717, 1.165) is 29.8 Å². The Hall–Kier alpha value is -3.05. The van der Waals surface area contributed by atoms with E-state index in [2.05, 4.69) is 10.6 Å². The quantitative estimate of drug-likeness (QED) is 0.731. The summed E-state index contributed by atoms with van der Waals surface area (Å²) in [5.74, 6) is -0.105. The summed E-state index contributed by atoms with van der Waals surface area (Å²) in [6.45, 7) is 1.87. The van der Waals surface area contributed by atoms with Gasteiger partial charge in [-0.3, -0.25) is 9.59 Å². The van der Waals surface area contributed by atoms with E-state index in [1.807, 2.05) is 37.3 Å². The smallest absolute Gasteiger partial charge is 0.254 e. The lowest BCUT2D eigenvalue weighted by molar-refractivity contribution is -0.116. The molecule has 2 N–H and O–H groups in total. The summed E-state index contributed by atoms with van der Waals surface area (Å²) < 4.78 is 5.36. The van der Waals surface area contributed by atoms with Gasteiger partial charge in [-0.1, -0.05) is 35.9 Å². The largest absolute Gasteiger partial charge is 0.495 e. The number of rotatable bonds is 4. The second-order valence-electron chi connectivity index (χ2n) is 7.48. The van der Waals surface area contributed by atoms with E-state index in [9.17, 15) is 9.59 Å². The van der Waals surface area contributed by atoms with Gasteiger partial charge in [-0.2, -0.15) is 0 Å². The standard InChI is InChI=1S/C24H23ClN2O3/c1-14-21(24(29)27-17-9-3-4-12-20(17)30-2)22(15-7-5-8-16(25)13-15)23-18(26-14)10-6-11-19(23)28/h3-5,7-9,12-13,22,26H,6,10-11H2,1-2H3,(H,27,29)/t22-/m0/s1. The van der Waals surface area contributed by atoms with Crippen LogP contribution in [-0.2, 0) is 9.59 Å². The van der Waals surface area contributed by atoms with Crippen molar-refractivity contribution in [3.63, 3.8) is 0 Å². The minimum Gasteiger partial charge on any atom is -0.495 e. The molecule has 0 bridgehead atoms. The van der Waals surface area contributed by atoms with Crippen molar-refractivity contribution in [1.82, 2.24) is 5.32 Å². The second-order valence-corrected chi connectivity index (χ2v) is 7.91. The summed E-state index contributed by atoms with van der Waals surface area (Å²) >= 11 is 6.26. The van der Waals surface area contributed by atoms with E-state index in [4.69, 9.17) is 16.3 Å². The van der Waals surface area contributed by atoms with Crippen LogP contribution in [0.4, 0.5) is 5.69 Å². The number of dihydropyridines is 1. The van der Waals surface area contributed by atoms with Crippen molar-refractivity contribution in [2.75, 3.05) is 12.4 Å². The van der Waals surface area contributed by atoms with Crippen molar-refractivity contribution in [2.24, 2.45) is 0 Å². The van der Waals surface area contributed by atoms with Crippen molar-refractivity contribution in [1.29, 1.82) is 0 Å². The van der Waals surface area contributed by atoms with E-state index < -0.39 is 5.92 Å². The molecule has 0 saturated heterocycles. The Labute approximate surface area is 180 Å². The van der Waals surface area contributed by atoms with Gasteiger partial charge < -0.3 is 15.4 Å². The van der Waals surface area contributed by atoms with E-state index in [1.54, 1.807) is 25.3 Å². The van der Waals surface area contributed by atoms with Crippen LogP contribution in [0.1, 0.15) is 37.7 Å². The van der Waals surface area contributed by atoms with Crippen LogP contribution in [0.2, 0.25) is 5.02 Å². The van der Waals surface area contributed by atoms with Gasteiger partial charge in [0, 0.05) is 39.9 Å². The van der Waals surface area contributed by atoms with Crippen molar-refractivity contribution >= 4 is 29.0 Å². The van der Waals surface area contributed by atoms with Gasteiger partial charge in [-0.25, -0.2) is 0 Å². The Morgan fingerprint density at radius 2 is 1.97 bits per heavy atom. The highest BCUT2D eigenvalue weighted by Crippen LogP contribution is 2.43. The van der Waals surface area contributed by atoms with E-state index in [0.29, 0.717) is 34.0 Å². The lowest BCUT2D eigenvalue weighted by Gasteiger charge is -2.34. The van der Waals surface area contributed by atoms with Crippen LogP contribution in [0, 0.1) is 0 Å². The van der Waals surface area contributed by atoms with Crippen LogP contribution in [0.15, 0.2) is 71.1 Å². The molecule has 0 spiro atoms. The van der Waals surface area contributed by atoms with Crippen LogP contribution < -0.4 is 15.4 Å². The third-order valence-electron chi connectivity index (χ3n) is 5.56. The van der Waals surface area contributed by atoms with Crippen LogP contribution in [-0.4, -0.2) is 18.8 Å². The molecule has 30 heavy (non-hydrogen) atoms. The number of ketones is 1. The molecule has 2 aromatic rings. The number of halogens is 1. The minimum atomic E-state index is -0.470. The van der Waals surface area contributed by atoms with Crippen LogP contribution in [0.5, 0.6) is 5.75 Å². The third kappa shape index (κ3) is 3.73. The number of allylic oxidation sites excluding steroid dienone is 3. The second kappa shape index (κ2) is 8.36.